The topological polar surface area (TPSA) is 17.8 Å². The Morgan fingerprint density at radius 2 is 2.45 bits per heavy atom. The summed E-state index contributed by atoms with van der Waals surface area (Å²) in [6, 6.07) is 0. The van der Waals surface area contributed by atoms with Crippen molar-refractivity contribution in [3.05, 3.63) is 16.4 Å². The maximum Gasteiger partial charge on any atom is 0.155 e. The standard InChI is InChI=1S/C7H9ClN2S/c1-10-6-2-3-11-4-5(6)7(8)9-10/h2-4H2,1H3. The van der Waals surface area contributed by atoms with Crippen LogP contribution in [0.5, 0.6) is 0 Å². The Balaban J connectivity index is 2.52. The van der Waals surface area contributed by atoms with Gasteiger partial charge in [-0.25, -0.2) is 0 Å². The molecule has 0 bridgehead atoms. The van der Waals surface area contributed by atoms with Crippen LogP contribution in [0.15, 0.2) is 0 Å². The van der Waals surface area contributed by atoms with Gasteiger partial charge < -0.3 is 0 Å². The molecule has 11 heavy (non-hydrogen) atoms. The number of halogens is 1. The Bertz CT molecular complexity index is 256. The maximum atomic E-state index is 5.92. The van der Waals surface area contributed by atoms with Crippen molar-refractivity contribution in [3.8, 4) is 0 Å². The van der Waals surface area contributed by atoms with Crippen molar-refractivity contribution in [1.29, 1.82) is 0 Å². The second-order valence-corrected chi connectivity index (χ2v) is 4.11. The molecule has 2 heterocycles. The zero-order chi connectivity index (χ0) is 7.84. The van der Waals surface area contributed by atoms with Crippen molar-refractivity contribution in [1.82, 2.24) is 9.78 Å². The van der Waals surface area contributed by atoms with Crippen molar-refractivity contribution in [2.45, 2.75) is 12.2 Å². The molecular weight excluding hydrogens is 180 g/mol. The van der Waals surface area contributed by atoms with Gasteiger partial charge >= 0.3 is 0 Å². The van der Waals surface area contributed by atoms with Gasteiger partial charge in [-0.2, -0.15) is 16.9 Å². The summed E-state index contributed by atoms with van der Waals surface area (Å²) in [5.74, 6) is 2.23. The monoisotopic (exact) mass is 188 g/mol. The number of hydrogen-bond donors (Lipinski definition) is 0. The van der Waals surface area contributed by atoms with E-state index < -0.39 is 0 Å². The quantitative estimate of drug-likeness (QED) is 0.619. The van der Waals surface area contributed by atoms with Gasteiger partial charge in [0.1, 0.15) is 0 Å². The summed E-state index contributed by atoms with van der Waals surface area (Å²) in [4.78, 5) is 0. The third-order valence-corrected chi connectivity index (χ3v) is 3.24. The van der Waals surface area contributed by atoms with E-state index in [1.807, 2.05) is 23.5 Å². The molecule has 0 N–H and O–H groups in total. The van der Waals surface area contributed by atoms with E-state index in [2.05, 4.69) is 5.10 Å². The minimum atomic E-state index is 0.690. The van der Waals surface area contributed by atoms with E-state index in [-0.39, 0.29) is 0 Å². The number of hydrogen-bond acceptors (Lipinski definition) is 2. The van der Waals surface area contributed by atoms with Crippen LogP contribution >= 0.6 is 23.4 Å². The van der Waals surface area contributed by atoms with Crippen molar-refractivity contribution in [2.24, 2.45) is 7.05 Å². The van der Waals surface area contributed by atoms with Crippen molar-refractivity contribution in [2.75, 3.05) is 5.75 Å². The smallest absolute Gasteiger partial charge is 0.155 e. The molecule has 2 rings (SSSR count). The zero-order valence-corrected chi connectivity index (χ0v) is 7.87. The van der Waals surface area contributed by atoms with Gasteiger partial charge in [0, 0.05) is 24.1 Å². The van der Waals surface area contributed by atoms with Crippen LogP contribution < -0.4 is 0 Å². The Morgan fingerprint density at radius 3 is 3.18 bits per heavy atom. The second kappa shape index (κ2) is 2.72. The van der Waals surface area contributed by atoms with Crippen molar-refractivity contribution in [3.63, 3.8) is 0 Å². The molecule has 0 saturated heterocycles. The molecule has 0 aliphatic carbocycles. The van der Waals surface area contributed by atoms with Crippen molar-refractivity contribution < 1.29 is 0 Å². The van der Waals surface area contributed by atoms with Gasteiger partial charge in [-0.1, -0.05) is 11.6 Å². The molecule has 4 heteroatoms. The molecule has 60 valence electrons. The zero-order valence-electron chi connectivity index (χ0n) is 6.30. The van der Waals surface area contributed by atoms with Crippen LogP contribution in [0.3, 0.4) is 0 Å². The highest BCUT2D eigenvalue weighted by Gasteiger charge is 2.17. The molecule has 1 aliphatic rings. The molecule has 0 atom stereocenters. The minimum absolute atomic E-state index is 0.690. The molecule has 0 spiro atoms. The Kier molecular flexibility index (Phi) is 1.85. The van der Waals surface area contributed by atoms with Gasteiger partial charge in [-0.05, 0) is 12.2 Å². The number of thioether (sulfide) groups is 1. The first-order chi connectivity index (χ1) is 5.29. The van der Waals surface area contributed by atoms with E-state index in [0.29, 0.717) is 5.15 Å². The highest BCUT2D eigenvalue weighted by molar-refractivity contribution is 7.98. The van der Waals surface area contributed by atoms with Gasteiger partial charge in [0.2, 0.25) is 0 Å². The minimum Gasteiger partial charge on any atom is -0.271 e. The van der Waals surface area contributed by atoms with Crippen LogP contribution in [-0.2, 0) is 19.2 Å². The van der Waals surface area contributed by atoms with Crippen LogP contribution in [0.1, 0.15) is 11.3 Å². The molecule has 0 aromatic carbocycles. The first kappa shape index (κ1) is 7.50. The normalized spacial score (nSPS) is 16.5. The molecule has 1 aromatic heterocycles. The van der Waals surface area contributed by atoms with E-state index in [1.165, 1.54) is 17.0 Å². The first-order valence-corrected chi connectivity index (χ1v) is 5.10. The average molecular weight is 189 g/mol. The lowest BCUT2D eigenvalue weighted by Gasteiger charge is -2.10. The summed E-state index contributed by atoms with van der Waals surface area (Å²) >= 11 is 7.85. The predicted molar refractivity (Wildman–Crippen MR) is 48.1 cm³/mol. The van der Waals surface area contributed by atoms with Crippen LogP contribution in [0.2, 0.25) is 5.15 Å². The third kappa shape index (κ3) is 1.16. The third-order valence-electron chi connectivity index (χ3n) is 1.96. The lowest BCUT2D eigenvalue weighted by Crippen LogP contribution is -2.05. The Hall–Kier alpha value is -0.150. The molecule has 2 nitrogen and oxygen atoms in total. The number of rotatable bonds is 0. The molecule has 0 fully saturated rings. The van der Waals surface area contributed by atoms with Gasteiger partial charge in [0.25, 0.3) is 0 Å². The summed E-state index contributed by atoms with van der Waals surface area (Å²) < 4.78 is 1.90. The Morgan fingerprint density at radius 1 is 1.64 bits per heavy atom. The lowest BCUT2D eigenvalue weighted by atomic mass is 10.2. The molecule has 0 radical (unpaired) electrons. The summed E-state index contributed by atoms with van der Waals surface area (Å²) in [7, 11) is 1.96. The van der Waals surface area contributed by atoms with E-state index in [9.17, 15) is 0 Å². The summed E-state index contributed by atoms with van der Waals surface area (Å²) in [5, 5.41) is 4.85. The molecule has 1 aromatic rings. The van der Waals surface area contributed by atoms with Gasteiger partial charge in [0.15, 0.2) is 5.15 Å². The molecule has 0 saturated carbocycles. The van der Waals surface area contributed by atoms with Crippen LogP contribution in [0.25, 0.3) is 0 Å². The van der Waals surface area contributed by atoms with Gasteiger partial charge in [0.05, 0.1) is 0 Å². The molecule has 0 amide bonds. The average Bonchev–Trinajstić information content (AvgIpc) is 2.30. The number of aromatic nitrogens is 2. The Labute approximate surface area is 74.9 Å². The molecule has 1 aliphatic heterocycles. The van der Waals surface area contributed by atoms with Crippen LogP contribution in [0, 0.1) is 0 Å². The fourth-order valence-corrected chi connectivity index (χ4v) is 2.72. The maximum absolute atomic E-state index is 5.92. The fourth-order valence-electron chi connectivity index (χ4n) is 1.37. The fraction of sp³-hybridized carbons (Fsp3) is 0.571. The van der Waals surface area contributed by atoms with Crippen molar-refractivity contribution >= 4 is 23.4 Å². The van der Waals surface area contributed by atoms with E-state index >= 15 is 0 Å². The van der Waals surface area contributed by atoms with E-state index in [1.54, 1.807) is 0 Å². The predicted octanol–water partition coefficient (Wildman–Crippen LogP) is 1.86. The molecular formula is C7H9ClN2S. The summed E-state index contributed by atoms with van der Waals surface area (Å²) in [6.45, 7) is 0. The van der Waals surface area contributed by atoms with Crippen LogP contribution in [-0.4, -0.2) is 15.5 Å². The highest BCUT2D eigenvalue weighted by Crippen LogP contribution is 2.29. The van der Waals surface area contributed by atoms with E-state index in [0.717, 1.165) is 12.2 Å². The lowest BCUT2D eigenvalue weighted by molar-refractivity contribution is 0.716. The summed E-state index contributed by atoms with van der Waals surface area (Å²) in [5.41, 5.74) is 2.55. The second-order valence-electron chi connectivity index (χ2n) is 2.64. The highest BCUT2D eigenvalue weighted by atomic mass is 35.5. The number of aryl methyl sites for hydroxylation is 1. The van der Waals surface area contributed by atoms with Gasteiger partial charge in [-0.3, -0.25) is 4.68 Å². The van der Waals surface area contributed by atoms with Gasteiger partial charge in [-0.15, -0.1) is 0 Å². The SMILES string of the molecule is Cn1nc(Cl)c2c1CCSC2. The van der Waals surface area contributed by atoms with Crippen LogP contribution in [0.4, 0.5) is 0 Å². The number of nitrogens with zero attached hydrogens (tertiary/aromatic N) is 2. The van der Waals surface area contributed by atoms with E-state index in [4.69, 9.17) is 11.6 Å². The largest absolute Gasteiger partial charge is 0.271 e. The first-order valence-electron chi connectivity index (χ1n) is 3.57. The number of fused-ring (bicyclic) bond motifs is 1. The molecule has 0 unspecified atom stereocenters. The summed E-state index contributed by atoms with van der Waals surface area (Å²) in [6.07, 6.45) is 1.11.